The predicted octanol–water partition coefficient (Wildman–Crippen LogP) is 0.527. The Balaban J connectivity index is 1.94. The number of ether oxygens (including phenoxy) is 1. The van der Waals surface area contributed by atoms with E-state index in [0.717, 1.165) is 0 Å². The summed E-state index contributed by atoms with van der Waals surface area (Å²) in [5.74, 6) is 5.54. The highest BCUT2D eigenvalue weighted by atomic mass is 32.2. The van der Waals surface area contributed by atoms with E-state index in [4.69, 9.17) is 10.6 Å². The summed E-state index contributed by atoms with van der Waals surface area (Å²) in [5.41, 5.74) is 2.35. The van der Waals surface area contributed by atoms with Crippen molar-refractivity contribution in [1.29, 1.82) is 0 Å². The highest BCUT2D eigenvalue weighted by molar-refractivity contribution is 7.89. The lowest BCUT2D eigenvalue weighted by Gasteiger charge is -2.27. The fourth-order valence-electron chi connectivity index (χ4n) is 2.50. The van der Waals surface area contributed by atoms with E-state index in [0.29, 0.717) is 24.4 Å². The topological polar surface area (TPSA) is 111 Å². The van der Waals surface area contributed by atoms with Crippen molar-refractivity contribution in [3.8, 4) is 0 Å². The molecule has 0 saturated carbocycles. The quantitative estimate of drug-likeness (QED) is 0.557. The van der Waals surface area contributed by atoms with Crippen molar-refractivity contribution >= 4 is 32.1 Å². The molecule has 4 N–H and O–H groups in total. The van der Waals surface area contributed by atoms with E-state index in [9.17, 15) is 8.42 Å². The van der Waals surface area contributed by atoms with Gasteiger partial charge in [-0.1, -0.05) is 0 Å². The van der Waals surface area contributed by atoms with Gasteiger partial charge in [0.15, 0.2) is 10.8 Å². The van der Waals surface area contributed by atoms with E-state index in [-0.39, 0.29) is 23.0 Å². The third kappa shape index (κ3) is 2.77. The average molecular weight is 331 g/mol. The van der Waals surface area contributed by atoms with Gasteiger partial charge in [0.05, 0.1) is 6.10 Å². The molecule has 1 saturated heterocycles. The molecule has 0 aromatic carbocycles. The maximum Gasteiger partial charge on any atom is 0.260 e. The van der Waals surface area contributed by atoms with Crippen LogP contribution in [0.4, 0.5) is 5.82 Å². The number of nitrogens with two attached hydrogens (primary N) is 1. The number of sulfonamides is 1. The van der Waals surface area contributed by atoms with Crippen LogP contribution in [0.3, 0.4) is 0 Å². The third-order valence-corrected chi connectivity index (χ3v) is 5.72. The number of fused-ring (bicyclic) bond motifs is 1. The number of aromatic nitrogens is 2. The van der Waals surface area contributed by atoms with Gasteiger partial charge in [0.25, 0.3) is 10.0 Å². The summed E-state index contributed by atoms with van der Waals surface area (Å²) in [6.07, 6.45) is 3.01. The van der Waals surface area contributed by atoms with E-state index in [1.807, 2.05) is 6.92 Å². The van der Waals surface area contributed by atoms with Crippen LogP contribution in [0.2, 0.25) is 0 Å². The summed E-state index contributed by atoms with van der Waals surface area (Å²) in [5, 5.41) is 1.82. The molecule has 10 heteroatoms. The molecule has 0 radical (unpaired) electrons. The van der Waals surface area contributed by atoms with E-state index in [1.165, 1.54) is 15.7 Å². The molecule has 0 bridgehead atoms. The first-order valence-electron chi connectivity index (χ1n) is 6.57. The maximum atomic E-state index is 12.7. The van der Waals surface area contributed by atoms with Gasteiger partial charge in [-0.3, -0.25) is 4.40 Å². The fraction of sp³-hybridized carbons (Fsp3) is 0.545. The molecule has 0 spiro atoms. The second-order valence-electron chi connectivity index (χ2n) is 4.99. The number of anilines is 1. The summed E-state index contributed by atoms with van der Waals surface area (Å²) >= 11 is 1.34. The Morgan fingerprint density at radius 2 is 2.38 bits per heavy atom. The Morgan fingerprint density at radius 1 is 1.57 bits per heavy atom. The highest BCUT2D eigenvalue weighted by Gasteiger charge is 2.30. The number of nitrogens with one attached hydrogen (secondary N) is 2. The highest BCUT2D eigenvalue weighted by Crippen LogP contribution is 2.26. The Bertz CT molecular complexity index is 738. The smallest absolute Gasteiger partial charge is 0.260 e. The maximum absolute atomic E-state index is 12.7. The van der Waals surface area contributed by atoms with Crippen LogP contribution < -0.4 is 16.0 Å². The van der Waals surface area contributed by atoms with Crippen LogP contribution >= 0.6 is 11.3 Å². The van der Waals surface area contributed by atoms with E-state index in [1.54, 1.807) is 11.6 Å². The second kappa shape index (κ2) is 5.54. The molecule has 116 valence electrons. The molecule has 2 unspecified atom stereocenters. The molecule has 0 aliphatic carbocycles. The van der Waals surface area contributed by atoms with Crippen molar-refractivity contribution in [2.45, 2.75) is 36.9 Å². The van der Waals surface area contributed by atoms with Crippen LogP contribution in [0.1, 0.15) is 19.8 Å². The number of thiazole rings is 1. The summed E-state index contributed by atoms with van der Waals surface area (Å²) in [4.78, 5) is 4.74. The lowest BCUT2D eigenvalue weighted by atomic mass is 10.1. The Hall–Kier alpha value is -1.20. The molecule has 1 aliphatic heterocycles. The SMILES string of the molecule is CC1CC(NS(=O)(=O)c2c(NN)nc3sccn23)CCO1. The van der Waals surface area contributed by atoms with Crippen molar-refractivity contribution in [3.63, 3.8) is 0 Å². The second-order valence-corrected chi connectivity index (χ2v) is 7.49. The molecule has 0 amide bonds. The van der Waals surface area contributed by atoms with Crippen LogP contribution in [0, 0.1) is 0 Å². The largest absolute Gasteiger partial charge is 0.378 e. The van der Waals surface area contributed by atoms with Crippen molar-refractivity contribution in [3.05, 3.63) is 11.6 Å². The van der Waals surface area contributed by atoms with Gasteiger partial charge in [-0.05, 0) is 19.8 Å². The molecule has 21 heavy (non-hydrogen) atoms. The lowest BCUT2D eigenvalue weighted by molar-refractivity contribution is 0.0173. The molecule has 3 rings (SSSR count). The monoisotopic (exact) mass is 331 g/mol. The van der Waals surface area contributed by atoms with E-state index < -0.39 is 10.0 Å². The van der Waals surface area contributed by atoms with Crippen LogP contribution in [-0.4, -0.2) is 36.6 Å². The van der Waals surface area contributed by atoms with E-state index >= 15 is 0 Å². The van der Waals surface area contributed by atoms with Crippen molar-refractivity contribution in [2.75, 3.05) is 12.0 Å². The van der Waals surface area contributed by atoms with Crippen LogP contribution in [0.25, 0.3) is 4.96 Å². The standard InChI is InChI=1S/C11H17N5O3S2/c1-7-6-8(2-4-19-7)15-21(17,18)10-9(14-12)13-11-16(10)3-5-20-11/h3,5,7-8,14-15H,2,4,6,12H2,1H3. The molecular weight excluding hydrogens is 314 g/mol. The first-order chi connectivity index (χ1) is 10.0. The summed E-state index contributed by atoms with van der Waals surface area (Å²) in [6, 6.07) is -0.145. The first-order valence-corrected chi connectivity index (χ1v) is 8.93. The normalized spacial score (nSPS) is 23.5. The van der Waals surface area contributed by atoms with Crippen molar-refractivity contribution in [1.82, 2.24) is 14.1 Å². The average Bonchev–Trinajstić information content (AvgIpc) is 2.96. The summed E-state index contributed by atoms with van der Waals surface area (Å²) in [6.45, 7) is 2.49. The number of imidazole rings is 1. The molecule has 8 nitrogen and oxygen atoms in total. The predicted molar refractivity (Wildman–Crippen MR) is 79.6 cm³/mol. The number of nitrogen functional groups attached to an aromatic ring is 1. The van der Waals surface area contributed by atoms with E-state index in [2.05, 4.69) is 15.1 Å². The van der Waals surface area contributed by atoms with Gasteiger partial charge in [-0.15, -0.1) is 11.3 Å². The summed E-state index contributed by atoms with van der Waals surface area (Å²) < 4.78 is 35.0. The van der Waals surface area contributed by atoms with Crippen molar-refractivity contribution < 1.29 is 13.2 Å². The zero-order chi connectivity index (χ0) is 15.0. The molecule has 2 aromatic rings. The Morgan fingerprint density at radius 3 is 3.10 bits per heavy atom. The lowest BCUT2D eigenvalue weighted by Crippen LogP contribution is -2.41. The Labute approximate surface area is 126 Å². The zero-order valence-electron chi connectivity index (χ0n) is 11.4. The molecular formula is C11H17N5O3S2. The van der Waals surface area contributed by atoms with Gasteiger partial charge in [0.1, 0.15) is 0 Å². The van der Waals surface area contributed by atoms with Gasteiger partial charge in [0, 0.05) is 24.2 Å². The van der Waals surface area contributed by atoms with Gasteiger partial charge in [0.2, 0.25) is 5.03 Å². The number of hydrogen-bond acceptors (Lipinski definition) is 7. The van der Waals surface area contributed by atoms with Gasteiger partial charge >= 0.3 is 0 Å². The molecule has 2 aromatic heterocycles. The minimum absolute atomic E-state index is 0.0420. The number of hydrazine groups is 1. The fourth-order valence-corrected chi connectivity index (χ4v) is 4.80. The number of hydrogen-bond donors (Lipinski definition) is 3. The van der Waals surface area contributed by atoms with Gasteiger partial charge < -0.3 is 10.2 Å². The number of nitrogens with zero attached hydrogens (tertiary/aromatic N) is 2. The minimum Gasteiger partial charge on any atom is -0.378 e. The summed E-state index contributed by atoms with van der Waals surface area (Å²) in [7, 11) is -3.72. The van der Waals surface area contributed by atoms with Crippen molar-refractivity contribution in [2.24, 2.45) is 5.84 Å². The molecule has 1 fully saturated rings. The van der Waals surface area contributed by atoms with Crippen LogP contribution in [0.5, 0.6) is 0 Å². The first kappa shape index (κ1) is 14.7. The minimum atomic E-state index is -3.72. The number of rotatable bonds is 4. The molecule has 1 aliphatic rings. The van der Waals surface area contributed by atoms with Crippen LogP contribution in [-0.2, 0) is 14.8 Å². The molecule has 2 atom stereocenters. The third-order valence-electron chi connectivity index (χ3n) is 3.42. The molecule has 3 heterocycles. The van der Waals surface area contributed by atoms with Gasteiger partial charge in [-0.2, -0.15) is 4.98 Å². The van der Waals surface area contributed by atoms with Crippen LogP contribution in [0.15, 0.2) is 16.6 Å². The Kier molecular flexibility index (Phi) is 3.88. The van der Waals surface area contributed by atoms with Gasteiger partial charge in [-0.25, -0.2) is 19.0 Å². The zero-order valence-corrected chi connectivity index (χ0v) is 13.1.